The number of rotatable bonds is 1. The van der Waals surface area contributed by atoms with Gasteiger partial charge in [0.15, 0.2) is 17.0 Å². The summed E-state index contributed by atoms with van der Waals surface area (Å²) in [7, 11) is 1.35. The van der Waals surface area contributed by atoms with E-state index in [4.69, 9.17) is 0 Å². The van der Waals surface area contributed by atoms with E-state index < -0.39 is 17.8 Å². The van der Waals surface area contributed by atoms with Gasteiger partial charge in [-0.25, -0.2) is 18.7 Å². The van der Waals surface area contributed by atoms with E-state index in [1.165, 1.54) is 7.05 Å². The molecule has 0 aliphatic rings. The molecule has 2 aromatic heterocycles. The first-order valence-electron chi connectivity index (χ1n) is 3.79. The molecule has 0 aromatic carbocycles. The number of nitrogens with zero attached hydrogens (tertiary/aromatic N) is 3. The summed E-state index contributed by atoms with van der Waals surface area (Å²) in [5.41, 5.74) is -0.383. The molecule has 14 heavy (non-hydrogen) atoms. The van der Waals surface area contributed by atoms with Gasteiger partial charge in [-0.15, -0.1) is 0 Å². The van der Waals surface area contributed by atoms with Crippen molar-refractivity contribution in [3.05, 3.63) is 22.5 Å². The Balaban J connectivity index is 2.88. The predicted molar refractivity (Wildman–Crippen MR) is 44.1 cm³/mol. The highest BCUT2D eigenvalue weighted by molar-refractivity contribution is 5.69. The first-order valence-corrected chi connectivity index (χ1v) is 3.79. The lowest BCUT2D eigenvalue weighted by Crippen LogP contribution is -2.10. The smallest absolute Gasteiger partial charge is 0.295 e. The number of alkyl halides is 2. The fraction of sp³-hybridized carbons (Fsp3) is 0.286. The maximum atomic E-state index is 12.4. The van der Waals surface area contributed by atoms with Crippen LogP contribution in [0.25, 0.3) is 11.2 Å². The molecule has 2 heterocycles. The summed E-state index contributed by atoms with van der Waals surface area (Å²) in [6.45, 7) is 0. The van der Waals surface area contributed by atoms with Gasteiger partial charge in [-0.2, -0.15) is 0 Å². The molecule has 0 saturated carbocycles. The number of fused-ring (bicyclic) bond motifs is 1. The molecule has 0 amide bonds. The van der Waals surface area contributed by atoms with Crippen LogP contribution in [0.3, 0.4) is 0 Å². The molecule has 0 unspecified atom stereocenters. The molecule has 0 saturated heterocycles. The number of imidazole rings is 1. The van der Waals surface area contributed by atoms with E-state index in [-0.39, 0.29) is 11.2 Å². The summed E-state index contributed by atoms with van der Waals surface area (Å²) in [5, 5.41) is 0. The topological polar surface area (TPSA) is 63.6 Å². The second kappa shape index (κ2) is 2.86. The Morgan fingerprint density at radius 2 is 2.29 bits per heavy atom. The molecular formula is C7H6F2N4O. The van der Waals surface area contributed by atoms with Crippen molar-refractivity contribution in [2.75, 3.05) is 0 Å². The van der Waals surface area contributed by atoms with Gasteiger partial charge in [0, 0.05) is 7.05 Å². The zero-order valence-electron chi connectivity index (χ0n) is 7.16. The van der Waals surface area contributed by atoms with Gasteiger partial charge in [-0.1, -0.05) is 0 Å². The van der Waals surface area contributed by atoms with E-state index in [2.05, 4.69) is 15.0 Å². The fourth-order valence-corrected chi connectivity index (χ4v) is 1.26. The van der Waals surface area contributed by atoms with E-state index in [0.29, 0.717) is 0 Å². The molecule has 0 aliphatic heterocycles. The van der Waals surface area contributed by atoms with Crippen LogP contribution in [-0.4, -0.2) is 19.5 Å². The largest absolute Gasteiger partial charge is 0.320 e. The third kappa shape index (κ3) is 1.09. The number of halogens is 2. The van der Waals surface area contributed by atoms with Crippen LogP contribution in [0, 0.1) is 0 Å². The number of aryl methyl sites for hydroxylation is 1. The molecule has 0 fully saturated rings. The van der Waals surface area contributed by atoms with Crippen LogP contribution in [0.15, 0.2) is 11.1 Å². The van der Waals surface area contributed by atoms with Gasteiger partial charge < -0.3 is 9.55 Å². The molecule has 0 aliphatic carbocycles. The van der Waals surface area contributed by atoms with Gasteiger partial charge in [0.25, 0.3) is 12.0 Å². The third-order valence-electron chi connectivity index (χ3n) is 1.90. The second-order valence-electron chi connectivity index (χ2n) is 2.73. The molecule has 2 rings (SSSR count). The summed E-state index contributed by atoms with van der Waals surface area (Å²) in [4.78, 5) is 20.8. The Hall–Kier alpha value is -1.79. The van der Waals surface area contributed by atoms with Crippen molar-refractivity contribution in [2.24, 2.45) is 7.05 Å². The highest BCUT2D eigenvalue weighted by Gasteiger charge is 2.18. The van der Waals surface area contributed by atoms with Crippen LogP contribution in [0.4, 0.5) is 8.78 Å². The predicted octanol–water partition coefficient (Wildman–Crippen LogP) is 0.594. The molecule has 7 heteroatoms. The van der Waals surface area contributed by atoms with Crippen molar-refractivity contribution in [1.82, 2.24) is 19.5 Å². The van der Waals surface area contributed by atoms with Crippen LogP contribution in [0.5, 0.6) is 0 Å². The first kappa shape index (κ1) is 8.79. The Labute approximate surface area is 76.4 Å². The summed E-state index contributed by atoms with van der Waals surface area (Å²) in [6, 6.07) is 0. The monoisotopic (exact) mass is 200 g/mol. The molecule has 74 valence electrons. The van der Waals surface area contributed by atoms with E-state index in [1.807, 2.05) is 0 Å². The SMILES string of the molecule is Cn1c(C(F)F)nc2nc[nH]c(=O)c21. The number of hydrogen-bond acceptors (Lipinski definition) is 3. The zero-order chi connectivity index (χ0) is 10.3. The van der Waals surface area contributed by atoms with Crippen LogP contribution in [0.1, 0.15) is 12.2 Å². The summed E-state index contributed by atoms with van der Waals surface area (Å²) >= 11 is 0. The van der Waals surface area contributed by atoms with Crippen LogP contribution in [0.2, 0.25) is 0 Å². The molecule has 1 N–H and O–H groups in total. The van der Waals surface area contributed by atoms with E-state index in [0.717, 1.165) is 10.9 Å². The van der Waals surface area contributed by atoms with Crippen LogP contribution in [-0.2, 0) is 7.05 Å². The van der Waals surface area contributed by atoms with Crippen molar-refractivity contribution >= 4 is 11.2 Å². The first-order chi connectivity index (χ1) is 6.61. The summed E-state index contributed by atoms with van der Waals surface area (Å²) in [6.07, 6.45) is -1.58. The minimum atomic E-state index is -2.71. The lowest BCUT2D eigenvalue weighted by atomic mass is 10.5. The maximum absolute atomic E-state index is 12.4. The quantitative estimate of drug-likeness (QED) is 0.732. The lowest BCUT2D eigenvalue weighted by molar-refractivity contribution is 0.137. The van der Waals surface area contributed by atoms with Gasteiger partial charge in [-0.3, -0.25) is 4.79 Å². The van der Waals surface area contributed by atoms with Gasteiger partial charge in [-0.05, 0) is 0 Å². The molecule has 2 aromatic rings. The number of hydrogen-bond donors (Lipinski definition) is 1. The molecule has 0 atom stereocenters. The summed E-state index contributed by atoms with van der Waals surface area (Å²) in [5.74, 6) is -0.454. The highest BCUT2D eigenvalue weighted by atomic mass is 19.3. The standard InChI is InChI=1S/C7H6F2N4O/c1-13-3-5(10-2-11-7(3)14)12-6(13)4(8)9/h2,4H,1H3,(H,10,11,14). The van der Waals surface area contributed by atoms with Gasteiger partial charge in [0.05, 0.1) is 6.33 Å². The van der Waals surface area contributed by atoms with E-state index in [1.54, 1.807) is 0 Å². The Kier molecular flexibility index (Phi) is 1.80. The molecule has 0 radical (unpaired) electrons. The van der Waals surface area contributed by atoms with E-state index >= 15 is 0 Å². The Morgan fingerprint density at radius 1 is 1.57 bits per heavy atom. The zero-order valence-corrected chi connectivity index (χ0v) is 7.16. The Morgan fingerprint density at radius 3 is 2.86 bits per heavy atom. The minimum absolute atomic E-state index is 0.0338. The van der Waals surface area contributed by atoms with Gasteiger partial charge in [0.2, 0.25) is 0 Å². The highest BCUT2D eigenvalue weighted by Crippen LogP contribution is 2.19. The normalized spacial score (nSPS) is 11.4. The minimum Gasteiger partial charge on any atom is -0.320 e. The molecule has 0 spiro atoms. The molecule has 5 nitrogen and oxygen atoms in total. The summed E-state index contributed by atoms with van der Waals surface area (Å²) < 4.78 is 25.8. The van der Waals surface area contributed by atoms with Crippen molar-refractivity contribution < 1.29 is 8.78 Å². The van der Waals surface area contributed by atoms with E-state index in [9.17, 15) is 13.6 Å². The average Bonchev–Trinajstić information content (AvgIpc) is 2.45. The third-order valence-corrected chi connectivity index (χ3v) is 1.90. The van der Waals surface area contributed by atoms with Crippen molar-refractivity contribution in [3.8, 4) is 0 Å². The molecule has 0 bridgehead atoms. The van der Waals surface area contributed by atoms with Crippen LogP contribution >= 0.6 is 0 Å². The lowest BCUT2D eigenvalue weighted by Gasteiger charge is -1.97. The number of aromatic amines is 1. The fourth-order valence-electron chi connectivity index (χ4n) is 1.26. The average molecular weight is 200 g/mol. The Bertz CT molecular complexity index is 530. The van der Waals surface area contributed by atoms with Crippen molar-refractivity contribution in [1.29, 1.82) is 0 Å². The van der Waals surface area contributed by atoms with Crippen molar-refractivity contribution in [3.63, 3.8) is 0 Å². The number of aromatic nitrogens is 4. The second-order valence-corrected chi connectivity index (χ2v) is 2.73. The van der Waals surface area contributed by atoms with Gasteiger partial charge >= 0.3 is 0 Å². The van der Waals surface area contributed by atoms with Crippen molar-refractivity contribution in [2.45, 2.75) is 6.43 Å². The number of nitrogens with one attached hydrogen (secondary N) is 1. The van der Waals surface area contributed by atoms with Gasteiger partial charge in [0.1, 0.15) is 0 Å². The van der Waals surface area contributed by atoms with Crippen LogP contribution < -0.4 is 5.56 Å². The maximum Gasteiger partial charge on any atom is 0.295 e. The number of H-pyrrole nitrogens is 1. The molecular weight excluding hydrogens is 194 g/mol.